The number of hydrogen-bond acceptors (Lipinski definition) is 1. The molecule has 0 aromatic heterocycles. The van der Waals surface area contributed by atoms with Crippen molar-refractivity contribution in [3.63, 3.8) is 0 Å². The number of fused-ring (bicyclic) bond motifs is 1. The molecular formula is C31H39F3O. The van der Waals surface area contributed by atoms with Crippen molar-refractivity contribution in [2.24, 2.45) is 11.8 Å². The van der Waals surface area contributed by atoms with Crippen molar-refractivity contribution in [1.82, 2.24) is 0 Å². The van der Waals surface area contributed by atoms with E-state index >= 15 is 4.39 Å². The topological polar surface area (TPSA) is 9.23 Å². The molecule has 35 heavy (non-hydrogen) atoms. The Bertz CT molecular complexity index is 1030. The highest BCUT2D eigenvalue weighted by atomic mass is 19.2. The molecule has 0 amide bonds. The molecule has 0 unspecified atom stereocenters. The second-order valence-corrected chi connectivity index (χ2v) is 10.5. The summed E-state index contributed by atoms with van der Waals surface area (Å²) in [7, 11) is 1.28. The third kappa shape index (κ3) is 6.13. The maximum atomic E-state index is 15.4. The summed E-state index contributed by atoms with van der Waals surface area (Å²) in [6.45, 7) is 2.27. The molecule has 0 atom stereocenters. The first-order chi connectivity index (χ1) is 17.0. The molecule has 2 aromatic carbocycles. The van der Waals surface area contributed by atoms with Crippen LogP contribution in [0.2, 0.25) is 0 Å². The van der Waals surface area contributed by atoms with Crippen LogP contribution in [-0.4, -0.2) is 7.11 Å². The molecule has 0 aliphatic heterocycles. The highest BCUT2D eigenvalue weighted by molar-refractivity contribution is 5.71. The minimum absolute atomic E-state index is 0.0701. The Balaban J connectivity index is 1.35. The number of unbranched alkanes of at least 4 members (excludes halogenated alkanes) is 3. The highest BCUT2D eigenvalue weighted by Gasteiger charge is 2.24. The molecule has 0 radical (unpaired) electrons. The second-order valence-electron chi connectivity index (χ2n) is 10.5. The Morgan fingerprint density at radius 2 is 1.46 bits per heavy atom. The lowest BCUT2D eigenvalue weighted by Crippen LogP contribution is -2.15. The van der Waals surface area contributed by atoms with Gasteiger partial charge in [0.2, 0.25) is 5.82 Å². The van der Waals surface area contributed by atoms with Crippen molar-refractivity contribution in [2.75, 3.05) is 7.11 Å². The van der Waals surface area contributed by atoms with Crippen LogP contribution < -0.4 is 4.74 Å². The van der Waals surface area contributed by atoms with Gasteiger partial charge in [-0.15, -0.1) is 0 Å². The number of allylic oxidation sites excluding steroid dienone is 1. The smallest absolute Gasteiger partial charge is 0.201 e. The van der Waals surface area contributed by atoms with Crippen molar-refractivity contribution in [2.45, 2.75) is 90.4 Å². The van der Waals surface area contributed by atoms with Crippen molar-refractivity contribution in [1.29, 1.82) is 0 Å². The molecule has 2 aliphatic carbocycles. The Hall–Kier alpha value is -2.23. The Labute approximate surface area is 208 Å². The van der Waals surface area contributed by atoms with E-state index in [-0.39, 0.29) is 16.9 Å². The van der Waals surface area contributed by atoms with Gasteiger partial charge in [0.05, 0.1) is 7.11 Å². The number of hydrogen-bond donors (Lipinski definition) is 0. The predicted octanol–water partition coefficient (Wildman–Crippen LogP) is 9.67. The van der Waals surface area contributed by atoms with E-state index in [1.54, 1.807) is 6.07 Å². The van der Waals surface area contributed by atoms with E-state index in [1.165, 1.54) is 89.0 Å². The van der Waals surface area contributed by atoms with Crippen LogP contribution in [0.3, 0.4) is 0 Å². The molecule has 0 bridgehead atoms. The largest absolute Gasteiger partial charge is 0.494 e. The fraction of sp³-hybridized carbons (Fsp3) is 0.548. The molecular weight excluding hydrogens is 445 g/mol. The maximum Gasteiger partial charge on any atom is 0.201 e. The normalized spacial score (nSPS) is 19.9. The first kappa shape index (κ1) is 25.9. The van der Waals surface area contributed by atoms with Gasteiger partial charge < -0.3 is 4.74 Å². The minimum Gasteiger partial charge on any atom is -0.494 e. The van der Waals surface area contributed by atoms with Gasteiger partial charge in [-0.3, -0.25) is 0 Å². The molecule has 0 saturated heterocycles. The molecule has 0 heterocycles. The number of methoxy groups -OCH3 is 1. The van der Waals surface area contributed by atoms with Crippen LogP contribution in [0, 0.1) is 29.3 Å². The van der Waals surface area contributed by atoms with Crippen LogP contribution in [0.5, 0.6) is 5.75 Å². The fourth-order valence-corrected chi connectivity index (χ4v) is 5.96. The first-order valence-corrected chi connectivity index (χ1v) is 13.5. The summed E-state index contributed by atoms with van der Waals surface area (Å²) in [6, 6.07) is 6.13. The van der Waals surface area contributed by atoms with Crippen molar-refractivity contribution >= 4 is 6.08 Å². The van der Waals surface area contributed by atoms with Crippen molar-refractivity contribution in [3.05, 3.63) is 58.4 Å². The van der Waals surface area contributed by atoms with Gasteiger partial charge >= 0.3 is 0 Å². The van der Waals surface area contributed by atoms with Gasteiger partial charge in [0.1, 0.15) is 5.82 Å². The van der Waals surface area contributed by atoms with Crippen LogP contribution in [0.15, 0.2) is 29.8 Å². The van der Waals surface area contributed by atoms with Crippen molar-refractivity contribution in [3.8, 4) is 16.9 Å². The summed E-state index contributed by atoms with van der Waals surface area (Å²) >= 11 is 0. The molecule has 190 valence electrons. The maximum absolute atomic E-state index is 15.4. The summed E-state index contributed by atoms with van der Waals surface area (Å²) in [6.07, 6.45) is 18.2. The van der Waals surface area contributed by atoms with Crippen LogP contribution in [0.4, 0.5) is 13.2 Å². The van der Waals surface area contributed by atoms with E-state index in [2.05, 4.69) is 13.0 Å². The molecule has 4 heteroatoms. The lowest BCUT2D eigenvalue weighted by atomic mass is 9.77. The number of halogens is 3. The third-order valence-corrected chi connectivity index (χ3v) is 8.20. The summed E-state index contributed by atoms with van der Waals surface area (Å²) < 4.78 is 48.9. The van der Waals surface area contributed by atoms with Crippen molar-refractivity contribution < 1.29 is 17.9 Å². The lowest BCUT2D eigenvalue weighted by Gasteiger charge is -2.29. The average molecular weight is 485 g/mol. The number of rotatable bonds is 10. The average Bonchev–Trinajstić information content (AvgIpc) is 2.88. The van der Waals surface area contributed by atoms with Gasteiger partial charge in [-0.2, -0.15) is 4.39 Å². The van der Waals surface area contributed by atoms with Gasteiger partial charge in [0.15, 0.2) is 11.6 Å². The van der Waals surface area contributed by atoms with E-state index in [0.717, 1.165) is 30.2 Å². The van der Waals surface area contributed by atoms with E-state index in [1.807, 2.05) is 6.07 Å². The molecule has 2 aromatic rings. The Morgan fingerprint density at radius 3 is 2.17 bits per heavy atom. The van der Waals surface area contributed by atoms with Gasteiger partial charge in [0, 0.05) is 11.1 Å². The van der Waals surface area contributed by atoms with E-state index in [9.17, 15) is 8.78 Å². The van der Waals surface area contributed by atoms with E-state index in [4.69, 9.17) is 4.74 Å². The molecule has 0 spiro atoms. The Kier molecular flexibility index (Phi) is 8.97. The van der Waals surface area contributed by atoms with E-state index in [0.29, 0.717) is 12.0 Å². The van der Waals surface area contributed by atoms with Gasteiger partial charge in [-0.05, 0) is 60.8 Å². The molecule has 4 rings (SSSR count). The lowest BCUT2D eigenvalue weighted by molar-refractivity contribution is 0.248. The second kappa shape index (κ2) is 12.1. The number of ether oxygens (including phenoxy) is 1. The van der Waals surface area contributed by atoms with Crippen LogP contribution in [0.25, 0.3) is 17.2 Å². The zero-order chi connectivity index (χ0) is 24.8. The van der Waals surface area contributed by atoms with Crippen LogP contribution >= 0.6 is 0 Å². The van der Waals surface area contributed by atoms with E-state index < -0.39 is 17.5 Å². The van der Waals surface area contributed by atoms with Gasteiger partial charge in [0.25, 0.3) is 0 Å². The summed E-state index contributed by atoms with van der Waals surface area (Å²) in [5, 5.41) is 0. The SMILES string of the molecule is CCCCCCC1CCC(CCC2=Cc3ccc(-c4ccc(OC)c(F)c4F)c(F)c3CC2)CC1. The molecule has 1 fully saturated rings. The zero-order valence-electron chi connectivity index (χ0n) is 21.3. The van der Waals surface area contributed by atoms with Gasteiger partial charge in [-0.25, -0.2) is 8.78 Å². The van der Waals surface area contributed by atoms with Gasteiger partial charge in [-0.1, -0.05) is 88.5 Å². The fourth-order valence-electron chi connectivity index (χ4n) is 5.96. The Morgan fingerprint density at radius 1 is 0.771 bits per heavy atom. The number of benzene rings is 2. The summed E-state index contributed by atoms with van der Waals surface area (Å²) in [4.78, 5) is 0. The monoisotopic (exact) mass is 484 g/mol. The quantitative estimate of drug-likeness (QED) is 0.305. The third-order valence-electron chi connectivity index (χ3n) is 8.20. The predicted molar refractivity (Wildman–Crippen MR) is 138 cm³/mol. The summed E-state index contributed by atoms with van der Waals surface area (Å²) in [5.74, 6) is -1.04. The first-order valence-electron chi connectivity index (χ1n) is 13.5. The molecule has 1 saturated carbocycles. The molecule has 1 nitrogen and oxygen atoms in total. The standard InChI is InChI=1S/C31H39F3O/c1-3-4-5-6-7-21-8-10-22(11-9-21)12-13-23-14-16-25-24(20-23)15-17-26(29(25)32)27-18-19-28(35-2)31(34)30(27)33/h15,17-22H,3-14,16H2,1-2H3. The minimum atomic E-state index is -1.09. The molecule has 2 aliphatic rings. The highest BCUT2D eigenvalue weighted by Crippen LogP contribution is 2.38. The van der Waals surface area contributed by atoms with Crippen LogP contribution in [-0.2, 0) is 6.42 Å². The van der Waals surface area contributed by atoms with Crippen LogP contribution in [0.1, 0.15) is 95.1 Å². The molecule has 0 N–H and O–H groups in total. The summed E-state index contributed by atoms with van der Waals surface area (Å²) in [5.41, 5.74) is 2.89. The zero-order valence-corrected chi connectivity index (χ0v) is 21.3.